The summed E-state index contributed by atoms with van der Waals surface area (Å²) in [6.45, 7) is 12.5. The van der Waals surface area contributed by atoms with Crippen molar-refractivity contribution in [3.05, 3.63) is 22.4 Å². The van der Waals surface area contributed by atoms with E-state index >= 15 is 0 Å². The molecule has 0 radical (unpaired) electrons. The maximum atomic E-state index is 6.05. The first kappa shape index (κ1) is 15.0. The SMILES string of the molecule is CC(C)c1cc(B2OC(C)(C)C(C)(C)O2)cnc1Br. The molecule has 0 spiro atoms. The number of halogens is 1. The normalized spacial score (nSPS) is 21.2. The van der Waals surface area contributed by atoms with Crippen molar-refractivity contribution >= 4 is 28.5 Å². The molecule has 0 saturated carbocycles. The minimum Gasteiger partial charge on any atom is -0.399 e. The maximum Gasteiger partial charge on any atom is 0.496 e. The second kappa shape index (κ2) is 4.87. The summed E-state index contributed by atoms with van der Waals surface area (Å²) in [5.41, 5.74) is 1.52. The molecular formula is C14H21BBrNO2. The van der Waals surface area contributed by atoms with Gasteiger partial charge in [0.1, 0.15) is 4.60 Å². The summed E-state index contributed by atoms with van der Waals surface area (Å²) in [7, 11) is -0.344. The summed E-state index contributed by atoms with van der Waals surface area (Å²) in [6.07, 6.45) is 1.82. The van der Waals surface area contributed by atoms with Gasteiger partial charge >= 0.3 is 7.12 Å². The number of rotatable bonds is 2. The fraction of sp³-hybridized carbons (Fsp3) is 0.643. The van der Waals surface area contributed by atoms with Crippen LogP contribution in [0.3, 0.4) is 0 Å². The lowest BCUT2D eigenvalue weighted by Crippen LogP contribution is -2.41. The van der Waals surface area contributed by atoms with E-state index in [9.17, 15) is 0 Å². The van der Waals surface area contributed by atoms with E-state index in [-0.39, 0.29) is 18.3 Å². The Balaban J connectivity index is 2.32. The number of nitrogens with zero attached hydrogens (tertiary/aromatic N) is 1. The molecule has 0 bridgehead atoms. The first-order valence-electron chi connectivity index (χ1n) is 6.65. The smallest absolute Gasteiger partial charge is 0.399 e. The van der Waals surface area contributed by atoms with Gasteiger partial charge in [0.25, 0.3) is 0 Å². The van der Waals surface area contributed by atoms with E-state index in [0.717, 1.165) is 10.1 Å². The van der Waals surface area contributed by atoms with Gasteiger partial charge < -0.3 is 9.31 Å². The van der Waals surface area contributed by atoms with Gasteiger partial charge in [-0.25, -0.2) is 4.98 Å². The zero-order valence-corrected chi connectivity index (χ0v) is 14.0. The molecule has 0 atom stereocenters. The molecular weight excluding hydrogens is 305 g/mol. The van der Waals surface area contributed by atoms with Gasteiger partial charge in [-0.1, -0.05) is 19.9 Å². The Morgan fingerprint density at radius 2 is 1.68 bits per heavy atom. The van der Waals surface area contributed by atoms with Crippen molar-refractivity contribution in [3.63, 3.8) is 0 Å². The van der Waals surface area contributed by atoms with Gasteiger partial charge in [-0.15, -0.1) is 0 Å². The Bertz CT molecular complexity index is 472. The van der Waals surface area contributed by atoms with E-state index < -0.39 is 0 Å². The van der Waals surface area contributed by atoms with Crippen LogP contribution < -0.4 is 5.46 Å². The molecule has 0 aromatic carbocycles. The number of hydrogen-bond donors (Lipinski definition) is 0. The van der Waals surface area contributed by atoms with E-state index in [0.29, 0.717) is 5.92 Å². The van der Waals surface area contributed by atoms with Crippen LogP contribution in [-0.2, 0) is 9.31 Å². The fourth-order valence-electron chi connectivity index (χ4n) is 2.00. The summed E-state index contributed by atoms with van der Waals surface area (Å²) in [6, 6.07) is 2.11. The average Bonchev–Trinajstić information content (AvgIpc) is 2.48. The van der Waals surface area contributed by atoms with Crippen LogP contribution in [-0.4, -0.2) is 23.3 Å². The molecule has 1 aliphatic heterocycles. The molecule has 1 fully saturated rings. The van der Waals surface area contributed by atoms with Crippen LogP contribution in [0, 0.1) is 0 Å². The standard InChI is InChI=1S/C14H21BBrNO2/c1-9(2)11-7-10(8-17-12(11)16)15-18-13(3,4)14(5,6)19-15/h7-9H,1-6H3. The van der Waals surface area contributed by atoms with Gasteiger partial charge in [0, 0.05) is 11.7 Å². The lowest BCUT2D eigenvalue weighted by Gasteiger charge is -2.32. The van der Waals surface area contributed by atoms with Crippen molar-refractivity contribution in [3.8, 4) is 0 Å². The highest BCUT2D eigenvalue weighted by Crippen LogP contribution is 2.36. The van der Waals surface area contributed by atoms with E-state index in [1.54, 1.807) is 0 Å². The largest absolute Gasteiger partial charge is 0.496 e. The molecule has 19 heavy (non-hydrogen) atoms. The van der Waals surface area contributed by atoms with Crippen LogP contribution in [0.2, 0.25) is 0 Å². The lowest BCUT2D eigenvalue weighted by atomic mass is 9.79. The van der Waals surface area contributed by atoms with Crippen molar-refractivity contribution in [2.24, 2.45) is 0 Å². The molecule has 1 aromatic heterocycles. The molecule has 3 nitrogen and oxygen atoms in total. The van der Waals surface area contributed by atoms with Gasteiger partial charge in [0.05, 0.1) is 11.2 Å². The molecule has 5 heteroatoms. The molecule has 0 aliphatic carbocycles. The summed E-state index contributed by atoms with van der Waals surface area (Å²) in [4.78, 5) is 4.40. The highest BCUT2D eigenvalue weighted by molar-refractivity contribution is 9.10. The van der Waals surface area contributed by atoms with Crippen LogP contribution in [0.5, 0.6) is 0 Å². The van der Waals surface area contributed by atoms with Crippen LogP contribution in [0.25, 0.3) is 0 Å². The Kier molecular flexibility index (Phi) is 3.84. The van der Waals surface area contributed by atoms with Gasteiger partial charge in [-0.05, 0) is 55.1 Å². The quantitative estimate of drug-likeness (QED) is 0.617. The highest BCUT2D eigenvalue weighted by Gasteiger charge is 2.51. The minimum absolute atomic E-state index is 0.317. The van der Waals surface area contributed by atoms with E-state index in [2.05, 4.69) is 68.5 Å². The van der Waals surface area contributed by atoms with Crippen molar-refractivity contribution in [1.82, 2.24) is 4.98 Å². The molecule has 0 unspecified atom stereocenters. The van der Waals surface area contributed by atoms with Crippen LogP contribution >= 0.6 is 15.9 Å². The maximum absolute atomic E-state index is 6.05. The van der Waals surface area contributed by atoms with Crippen molar-refractivity contribution in [2.75, 3.05) is 0 Å². The molecule has 2 heterocycles. The molecule has 1 saturated heterocycles. The Morgan fingerprint density at radius 1 is 1.16 bits per heavy atom. The first-order chi connectivity index (χ1) is 8.64. The molecule has 0 N–H and O–H groups in total. The topological polar surface area (TPSA) is 31.4 Å². The molecule has 2 rings (SSSR count). The highest BCUT2D eigenvalue weighted by atomic mass is 79.9. The van der Waals surface area contributed by atoms with Crippen molar-refractivity contribution < 1.29 is 9.31 Å². The average molecular weight is 326 g/mol. The van der Waals surface area contributed by atoms with Crippen LogP contribution in [0.15, 0.2) is 16.9 Å². The third-order valence-corrected chi connectivity index (χ3v) is 4.70. The second-order valence-electron chi connectivity index (χ2n) is 6.39. The Hall–Kier alpha value is -0.385. The second-order valence-corrected chi connectivity index (χ2v) is 7.14. The Labute approximate surface area is 124 Å². The van der Waals surface area contributed by atoms with Crippen molar-refractivity contribution in [1.29, 1.82) is 0 Å². The zero-order valence-electron chi connectivity index (χ0n) is 12.5. The third kappa shape index (κ3) is 2.74. The van der Waals surface area contributed by atoms with Gasteiger partial charge in [0.2, 0.25) is 0 Å². The molecule has 1 aliphatic rings. The van der Waals surface area contributed by atoms with E-state index in [4.69, 9.17) is 9.31 Å². The first-order valence-corrected chi connectivity index (χ1v) is 7.44. The summed E-state index contributed by atoms with van der Waals surface area (Å²) < 4.78 is 13.0. The Morgan fingerprint density at radius 3 is 2.16 bits per heavy atom. The minimum atomic E-state index is -0.344. The monoisotopic (exact) mass is 325 g/mol. The molecule has 1 aromatic rings. The molecule has 104 valence electrons. The number of hydrogen-bond acceptors (Lipinski definition) is 3. The van der Waals surface area contributed by atoms with Gasteiger partial charge in [-0.3, -0.25) is 0 Å². The van der Waals surface area contributed by atoms with E-state index in [1.807, 2.05) is 6.20 Å². The lowest BCUT2D eigenvalue weighted by molar-refractivity contribution is 0.00578. The van der Waals surface area contributed by atoms with Crippen LogP contribution in [0.1, 0.15) is 53.0 Å². The van der Waals surface area contributed by atoms with E-state index in [1.165, 1.54) is 5.56 Å². The fourth-order valence-corrected chi connectivity index (χ4v) is 2.67. The number of aromatic nitrogens is 1. The summed E-state index contributed by atoms with van der Waals surface area (Å²) in [5, 5.41) is 0. The molecule has 0 amide bonds. The van der Waals surface area contributed by atoms with Gasteiger partial charge in [0.15, 0.2) is 0 Å². The predicted molar refractivity (Wildman–Crippen MR) is 81.7 cm³/mol. The number of pyridine rings is 1. The summed E-state index contributed by atoms with van der Waals surface area (Å²) >= 11 is 3.49. The zero-order chi connectivity index (χ0) is 14.4. The predicted octanol–water partition coefficient (Wildman–Crippen LogP) is 3.27. The van der Waals surface area contributed by atoms with Crippen molar-refractivity contribution in [2.45, 2.75) is 58.7 Å². The third-order valence-electron chi connectivity index (χ3n) is 4.03. The summed E-state index contributed by atoms with van der Waals surface area (Å²) in [5.74, 6) is 0.407. The van der Waals surface area contributed by atoms with Gasteiger partial charge in [-0.2, -0.15) is 0 Å². The van der Waals surface area contributed by atoms with Crippen LogP contribution in [0.4, 0.5) is 0 Å².